The third-order valence-corrected chi connectivity index (χ3v) is 0.718. The number of nitrogens with zero attached hydrogens (tertiary/aromatic N) is 2. The summed E-state index contributed by atoms with van der Waals surface area (Å²) in [6.45, 7) is 0. The highest BCUT2D eigenvalue weighted by atomic mass is 14.8. The van der Waals surface area contributed by atoms with Crippen molar-refractivity contribution < 1.29 is 0 Å². The lowest BCUT2D eigenvalue weighted by Gasteiger charge is -1.79. The molecule has 0 unspecified atom stereocenters. The van der Waals surface area contributed by atoms with Gasteiger partial charge in [-0.05, 0) is 12.2 Å². The molecular weight excluding hydrogens is 114 g/mol. The standard InChI is InChI=1S/C6H7N.2N/c1-2-4-6-7-5-3-1;;/h1-7H;;. The molecule has 0 saturated heterocycles. The summed E-state index contributed by atoms with van der Waals surface area (Å²) in [7, 11) is 0. The van der Waals surface area contributed by atoms with Crippen LogP contribution >= 0.6 is 0 Å². The highest BCUT2D eigenvalue weighted by Gasteiger charge is 1.67. The Bertz CT molecular complexity index is 110. The largest absolute Gasteiger partial charge is 0.368 e. The molecule has 0 amide bonds. The second kappa shape index (κ2) is 6.94. The average molecular weight is 121 g/mol. The predicted molar refractivity (Wildman–Crippen MR) is 34.8 cm³/mol. The van der Waals surface area contributed by atoms with Crippen LogP contribution in [0.5, 0.6) is 0 Å². The van der Waals surface area contributed by atoms with Crippen molar-refractivity contribution in [3.63, 3.8) is 0 Å². The van der Waals surface area contributed by atoms with Gasteiger partial charge in [-0.25, -0.2) is 0 Å². The quantitative estimate of drug-likeness (QED) is 0.489. The molecule has 0 fully saturated rings. The summed E-state index contributed by atoms with van der Waals surface area (Å²) in [4.78, 5) is 0. The molecule has 1 rings (SSSR count). The van der Waals surface area contributed by atoms with Crippen molar-refractivity contribution in [1.82, 2.24) is 17.6 Å². The predicted octanol–water partition coefficient (Wildman–Crippen LogP) is 0.212. The minimum Gasteiger partial charge on any atom is -0.368 e. The van der Waals surface area contributed by atoms with Crippen LogP contribution in [-0.2, 0) is 0 Å². The van der Waals surface area contributed by atoms with Gasteiger partial charge in [0.1, 0.15) is 0 Å². The number of hydrogen-bond donors (Lipinski definition) is 1. The van der Waals surface area contributed by atoms with Gasteiger partial charge >= 0.3 is 0 Å². The van der Waals surface area contributed by atoms with E-state index in [9.17, 15) is 0 Å². The number of hydrogen-bond acceptors (Lipinski definition) is 1. The van der Waals surface area contributed by atoms with Gasteiger partial charge in [0, 0.05) is 24.7 Å². The maximum absolute atomic E-state index is 2.92. The molecule has 0 bridgehead atoms. The lowest BCUT2D eigenvalue weighted by molar-refractivity contribution is 1.20. The Labute approximate surface area is 55.3 Å². The smallest absolute Gasteiger partial charge is 0.000442 e. The zero-order valence-electron chi connectivity index (χ0n) is 4.86. The van der Waals surface area contributed by atoms with E-state index < -0.39 is 0 Å². The maximum Gasteiger partial charge on any atom is 0.000442 e. The molecule has 3 heteroatoms. The summed E-state index contributed by atoms with van der Waals surface area (Å²) in [6.07, 6.45) is 11.6. The first-order valence-electron chi connectivity index (χ1n) is 2.24. The van der Waals surface area contributed by atoms with Crippen LogP contribution in [0.2, 0.25) is 0 Å². The van der Waals surface area contributed by atoms with E-state index in [-0.39, 0.29) is 12.3 Å². The second-order valence-electron chi connectivity index (χ2n) is 1.27. The Morgan fingerprint density at radius 3 is 1.56 bits per heavy atom. The van der Waals surface area contributed by atoms with Crippen LogP contribution in [0, 0.1) is 0 Å². The summed E-state index contributed by atoms with van der Waals surface area (Å²) in [5.41, 5.74) is 0. The van der Waals surface area contributed by atoms with Crippen LogP contribution in [0.25, 0.3) is 0 Å². The van der Waals surface area contributed by atoms with Crippen LogP contribution in [0.1, 0.15) is 0 Å². The van der Waals surface area contributed by atoms with E-state index >= 15 is 0 Å². The average Bonchev–Trinajstić information content (AvgIpc) is 1.90. The van der Waals surface area contributed by atoms with Crippen molar-refractivity contribution in [3.05, 3.63) is 36.7 Å². The van der Waals surface area contributed by atoms with Crippen molar-refractivity contribution in [2.75, 3.05) is 0 Å². The van der Waals surface area contributed by atoms with Crippen molar-refractivity contribution in [2.24, 2.45) is 0 Å². The first-order chi connectivity index (χ1) is 3.50. The Kier molecular flexibility index (Phi) is 8.36. The molecule has 1 N–H and O–H groups in total. The number of rotatable bonds is 0. The highest BCUT2D eigenvalue weighted by molar-refractivity contribution is 5.14. The molecule has 1 aliphatic heterocycles. The van der Waals surface area contributed by atoms with Crippen LogP contribution in [0.4, 0.5) is 0 Å². The van der Waals surface area contributed by atoms with Crippen molar-refractivity contribution in [2.45, 2.75) is 0 Å². The molecule has 9 heavy (non-hydrogen) atoms. The van der Waals surface area contributed by atoms with E-state index in [2.05, 4.69) is 5.32 Å². The van der Waals surface area contributed by atoms with Crippen molar-refractivity contribution in [1.29, 1.82) is 0 Å². The number of nitrogens with one attached hydrogen (secondary N) is 1. The Morgan fingerprint density at radius 2 is 1.11 bits per heavy atom. The highest BCUT2D eigenvalue weighted by Crippen LogP contribution is 1.81. The normalized spacial score (nSPS) is 12.4. The number of allylic oxidation sites excluding steroid dienone is 4. The van der Waals surface area contributed by atoms with Gasteiger partial charge in [-0.2, -0.15) is 0 Å². The van der Waals surface area contributed by atoms with E-state index in [1.165, 1.54) is 0 Å². The molecule has 0 aromatic rings. The molecule has 0 spiro atoms. The van der Waals surface area contributed by atoms with Gasteiger partial charge < -0.3 is 5.32 Å². The zero-order valence-corrected chi connectivity index (χ0v) is 4.86. The molecule has 0 aromatic carbocycles. The van der Waals surface area contributed by atoms with E-state index in [4.69, 9.17) is 0 Å². The monoisotopic (exact) mass is 121 g/mol. The fourth-order valence-electron chi connectivity index (χ4n) is 0.406. The summed E-state index contributed by atoms with van der Waals surface area (Å²) >= 11 is 0. The molecular formula is C6H7N3. The van der Waals surface area contributed by atoms with Gasteiger partial charge in [0.15, 0.2) is 0 Å². The van der Waals surface area contributed by atoms with Gasteiger partial charge in [-0.3, -0.25) is 0 Å². The summed E-state index contributed by atoms with van der Waals surface area (Å²) in [5, 5.41) is 2.92. The third-order valence-electron chi connectivity index (χ3n) is 0.718. The first kappa shape index (κ1) is 10.8. The summed E-state index contributed by atoms with van der Waals surface area (Å²) in [5.74, 6) is 0. The van der Waals surface area contributed by atoms with Crippen molar-refractivity contribution >= 4 is 0 Å². The minimum absolute atomic E-state index is 0. The van der Waals surface area contributed by atoms with Crippen LogP contribution in [0.3, 0.4) is 0 Å². The molecule has 0 aliphatic carbocycles. The lowest BCUT2D eigenvalue weighted by Crippen LogP contribution is -1.87. The maximum atomic E-state index is 2.92. The Balaban J connectivity index is 0. The first-order valence-corrected chi connectivity index (χ1v) is 2.24. The SMILES string of the molecule is C1=CC=CNC=C1.[N].[N]. The molecule has 6 radical (unpaired) electrons. The van der Waals surface area contributed by atoms with Crippen LogP contribution in [0.15, 0.2) is 36.7 Å². The van der Waals surface area contributed by atoms with Crippen molar-refractivity contribution in [3.8, 4) is 0 Å². The Morgan fingerprint density at radius 1 is 0.667 bits per heavy atom. The Hall–Kier alpha value is -1.06. The minimum atomic E-state index is 0. The molecule has 0 atom stereocenters. The molecule has 0 aromatic heterocycles. The van der Waals surface area contributed by atoms with E-state index in [1.807, 2.05) is 36.7 Å². The molecule has 3 nitrogen and oxygen atoms in total. The third kappa shape index (κ3) is 4.80. The lowest BCUT2D eigenvalue weighted by atomic mass is 10.5. The summed E-state index contributed by atoms with van der Waals surface area (Å²) in [6, 6.07) is 0. The topological polar surface area (TPSA) is 73.0 Å². The molecule has 1 aliphatic rings. The van der Waals surface area contributed by atoms with Gasteiger partial charge in [0.25, 0.3) is 0 Å². The van der Waals surface area contributed by atoms with E-state index in [0.717, 1.165) is 0 Å². The van der Waals surface area contributed by atoms with E-state index in [1.54, 1.807) is 0 Å². The molecule has 1 heterocycles. The van der Waals surface area contributed by atoms with Crippen LogP contribution in [-0.4, -0.2) is 0 Å². The zero-order chi connectivity index (χ0) is 4.95. The van der Waals surface area contributed by atoms with Gasteiger partial charge in [-0.15, -0.1) is 0 Å². The molecule has 0 saturated carbocycles. The van der Waals surface area contributed by atoms with Crippen LogP contribution < -0.4 is 17.6 Å². The fraction of sp³-hybridized carbons (Fsp3) is 0. The van der Waals surface area contributed by atoms with E-state index in [0.29, 0.717) is 0 Å². The van der Waals surface area contributed by atoms with Gasteiger partial charge in [0.05, 0.1) is 0 Å². The van der Waals surface area contributed by atoms with Gasteiger partial charge in [0.2, 0.25) is 0 Å². The fourth-order valence-corrected chi connectivity index (χ4v) is 0.406. The molecule has 46 valence electrons. The van der Waals surface area contributed by atoms with Gasteiger partial charge in [-0.1, -0.05) is 12.2 Å². The summed E-state index contributed by atoms with van der Waals surface area (Å²) < 4.78 is 0. The second-order valence-corrected chi connectivity index (χ2v) is 1.27.